The van der Waals surface area contributed by atoms with E-state index in [1.807, 2.05) is 0 Å². The van der Waals surface area contributed by atoms with Crippen LogP contribution in [0.1, 0.15) is 70.9 Å². The van der Waals surface area contributed by atoms with Crippen molar-refractivity contribution in [2.45, 2.75) is 37.5 Å². The van der Waals surface area contributed by atoms with Crippen molar-refractivity contribution in [2.24, 2.45) is 0 Å². The van der Waals surface area contributed by atoms with Gasteiger partial charge in [0.15, 0.2) is 0 Å². The maximum atomic E-state index is 4.94. The van der Waals surface area contributed by atoms with Gasteiger partial charge in [-0.1, -0.05) is 182 Å². The quantitative estimate of drug-likeness (QED) is 0.126. The first-order valence-electron chi connectivity index (χ1n) is 17.4. The molecule has 0 amide bonds. The Bertz CT molecular complexity index is 1310. The van der Waals surface area contributed by atoms with Crippen molar-refractivity contribution in [1.29, 1.82) is 0 Å². The Labute approximate surface area is 331 Å². The van der Waals surface area contributed by atoms with Crippen LogP contribution < -0.4 is 0 Å². The van der Waals surface area contributed by atoms with E-state index in [2.05, 4.69) is 182 Å². The fourth-order valence-corrected chi connectivity index (χ4v) is 6.05. The monoisotopic (exact) mass is 720 g/mol. The summed E-state index contributed by atoms with van der Waals surface area (Å²) < 4.78 is 9.89. The van der Waals surface area contributed by atoms with E-state index in [0.717, 1.165) is 26.4 Å². The van der Waals surface area contributed by atoms with Gasteiger partial charge >= 0.3 is 0 Å². The fourth-order valence-electron chi connectivity index (χ4n) is 6.05. The van der Waals surface area contributed by atoms with Crippen LogP contribution in [0.2, 0.25) is 0 Å². The SMILES string of the molecule is C1CCOC1.C1CCOC1.[Sr].c1ccc(C(c2ccccc2)c2ccccc2)cc1.c1ccc(C(c2ccccc2)c2ccccc2)cc1. The van der Waals surface area contributed by atoms with E-state index in [0.29, 0.717) is 11.8 Å². The number of ether oxygens (including phenoxy) is 2. The van der Waals surface area contributed by atoms with Gasteiger partial charge in [-0.25, -0.2) is 0 Å². The van der Waals surface area contributed by atoms with E-state index in [-0.39, 0.29) is 45.5 Å². The van der Waals surface area contributed by atoms with Gasteiger partial charge in [0.2, 0.25) is 0 Å². The van der Waals surface area contributed by atoms with Crippen LogP contribution in [0, 0.1) is 0 Å². The summed E-state index contributed by atoms with van der Waals surface area (Å²) in [5, 5.41) is 0. The molecule has 0 aliphatic carbocycles. The average Bonchev–Trinajstić information content (AvgIpc) is 3.96. The van der Waals surface area contributed by atoms with E-state index in [1.54, 1.807) is 0 Å². The third-order valence-corrected chi connectivity index (χ3v) is 8.45. The van der Waals surface area contributed by atoms with E-state index in [1.165, 1.54) is 59.1 Å². The first-order valence-corrected chi connectivity index (χ1v) is 17.4. The second kappa shape index (κ2) is 23.2. The third kappa shape index (κ3) is 13.2. The molecule has 6 aromatic carbocycles. The molecule has 2 nitrogen and oxygen atoms in total. The molecule has 2 heterocycles. The number of hydrogen-bond acceptors (Lipinski definition) is 2. The predicted octanol–water partition coefficient (Wildman–Crippen LogP) is 10.9. The second-order valence-electron chi connectivity index (χ2n) is 12.0. The summed E-state index contributed by atoms with van der Waals surface area (Å²) >= 11 is 0. The van der Waals surface area contributed by atoms with Gasteiger partial charge in [0.05, 0.1) is 0 Å². The topological polar surface area (TPSA) is 18.5 Å². The van der Waals surface area contributed by atoms with Crippen LogP contribution in [0.3, 0.4) is 0 Å². The number of hydrogen-bond donors (Lipinski definition) is 0. The summed E-state index contributed by atoms with van der Waals surface area (Å²) in [5.74, 6) is 0.618. The van der Waals surface area contributed by atoms with Crippen molar-refractivity contribution in [3.05, 3.63) is 215 Å². The van der Waals surface area contributed by atoms with Crippen molar-refractivity contribution in [2.75, 3.05) is 26.4 Å². The van der Waals surface area contributed by atoms with Crippen LogP contribution in [0.15, 0.2) is 182 Å². The predicted molar refractivity (Wildman–Crippen MR) is 206 cm³/mol. The molecule has 0 bridgehead atoms. The largest absolute Gasteiger partial charge is 0.381 e. The Morgan fingerprint density at radius 2 is 0.429 bits per heavy atom. The van der Waals surface area contributed by atoms with Crippen LogP contribution in [0.5, 0.6) is 0 Å². The van der Waals surface area contributed by atoms with Crippen molar-refractivity contribution < 1.29 is 9.47 Å². The zero-order chi connectivity index (χ0) is 32.9. The van der Waals surface area contributed by atoms with E-state index >= 15 is 0 Å². The first kappa shape index (κ1) is 38.5. The van der Waals surface area contributed by atoms with Crippen molar-refractivity contribution >= 4 is 45.5 Å². The normalized spacial score (nSPS) is 13.1. The summed E-state index contributed by atoms with van der Waals surface area (Å²) in [6, 6.07) is 64.0. The standard InChI is InChI=1S/2C19H16.2C4H8O.Sr/c2*1-4-10-16(11-5-1)19(17-12-6-2-7-13-17)18-14-8-3-9-15-18;2*1-2-4-5-3-1;/h2*1-15,19H;2*1-4H2;. The Morgan fingerprint density at radius 3 is 0.551 bits per heavy atom. The molecule has 246 valence electrons. The average molecular weight is 721 g/mol. The zero-order valence-electron chi connectivity index (χ0n) is 28.7. The van der Waals surface area contributed by atoms with Crippen LogP contribution in [0.4, 0.5) is 0 Å². The van der Waals surface area contributed by atoms with Gasteiger partial charge in [-0.15, -0.1) is 0 Å². The zero-order valence-corrected chi connectivity index (χ0v) is 32.1. The molecule has 0 spiro atoms. The molecule has 2 fully saturated rings. The molecule has 0 atom stereocenters. The number of rotatable bonds is 6. The van der Waals surface area contributed by atoms with Crippen molar-refractivity contribution in [3.8, 4) is 0 Å². The van der Waals surface area contributed by atoms with Gasteiger partial charge in [0.1, 0.15) is 0 Å². The minimum Gasteiger partial charge on any atom is -0.381 e. The molecule has 0 N–H and O–H groups in total. The molecule has 3 heteroatoms. The second-order valence-corrected chi connectivity index (χ2v) is 12.0. The van der Waals surface area contributed by atoms with Crippen LogP contribution in [-0.2, 0) is 9.47 Å². The van der Waals surface area contributed by atoms with E-state index < -0.39 is 0 Å². The maximum Gasteiger partial charge on any atom is 0.0466 e. The molecule has 2 aliphatic rings. The Morgan fingerprint density at radius 1 is 0.265 bits per heavy atom. The number of benzene rings is 6. The van der Waals surface area contributed by atoms with Crippen molar-refractivity contribution in [3.63, 3.8) is 0 Å². The van der Waals surface area contributed by atoms with Gasteiger partial charge < -0.3 is 9.47 Å². The minimum absolute atomic E-state index is 0. The van der Waals surface area contributed by atoms with Crippen LogP contribution in [-0.4, -0.2) is 71.9 Å². The van der Waals surface area contributed by atoms with Gasteiger partial charge in [-0.2, -0.15) is 0 Å². The summed E-state index contributed by atoms with van der Waals surface area (Å²) in [4.78, 5) is 0. The molecule has 2 saturated heterocycles. The molecular formula is C46H48O2Sr. The molecule has 8 rings (SSSR count). The Hall–Kier alpha value is -3.28. The summed E-state index contributed by atoms with van der Waals surface area (Å²) in [5.41, 5.74) is 8.00. The molecule has 0 aromatic heterocycles. The molecule has 2 aliphatic heterocycles. The van der Waals surface area contributed by atoms with Gasteiger partial charge in [-0.3, -0.25) is 0 Å². The van der Waals surface area contributed by atoms with Crippen molar-refractivity contribution in [1.82, 2.24) is 0 Å². The van der Waals surface area contributed by atoms with Gasteiger partial charge in [-0.05, 0) is 59.1 Å². The molecule has 6 aromatic rings. The Kier molecular flexibility index (Phi) is 18.2. The summed E-state index contributed by atoms with van der Waals surface area (Å²) in [6.07, 6.45) is 5.11. The molecule has 2 radical (unpaired) electrons. The van der Waals surface area contributed by atoms with Crippen LogP contribution >= 0.6 is 0 Å². The summed E-state index contributed by atoms with van der Waals surface area (Å²) in [7, 11) is 0. The molecule has 49 heavy (non-hydrogen) atoms. The van der Waals surface area contributed by atoms with Gasteiger partial charge in [0, 0.05) is 83.7 Å². The molecular weight excluding hydrogens is 672 g/mol. The molecule has 0 unspecified atom stereocenters. The smallest absolute Gasteiger partial charge is 0.0466 e. The summed E-state index contributed by atoms with van der Waals surface area (Å²) in [6.45, 7) is 4.00. The molecule has 0 saturated carbocycles. The maximum absolute atomic E-state index is 4.94. The van der Waals surface area contributed by atoms with Gasteiger partial charge in [0.25, 0.3) is 0 Å². The third-order valence-electron chi connectivity index (χ3n) is 8.45. The fraction of sp³-hybridized carbons (Fsp3) is 0.217. The van der Waals surface area contributed by atoms with Crippen LogP contribution in [0.25, 0.3) is 0 Å². The minimum atomic E-state index is 0. The van der Waals surface area contributed by atoms with E-state index in [4.69, 9.17) is 9.47 Å². The van der Waals surface area contributed by atoms with E-state index in [9.17, 15) is 0 Å². The first-order chi connectivity index (χ1) is 23.9. The Balaban J connectivity index is 0.000000169.